The average Bonchev–Trinajstić information content (AvgIpc) is 3.47. The predicted molar refractivity (Wildman–Crippen MR) is 115 cm³/mol. The van der Waals surface area contributed by atoms with Crippen LogP contribution in [0.25, 0.3) is 11.1 Å². The molecule has 1 aromatic heterocycles. The largest absolute Gasteiger partial charge is 0.454 e. The number of aromatic nitrogens is 2. The number of amides is 1. The fourth-order valence-corrected chi connectivity index (χ4v) is 4.16. The molecule has 7 nitrogen and oxygen atoms in total. The molecule has 7 heteroatoms. The van der Waals surface area contributed by atoms with Crippen LogP contribution in [0.3, 0.4) is 0 Å². The van der Waals surface area contributed by atoms with Crippen molar-refractivity contribution in [3.8, 4) is 22.6 Å². The maximum Gasteiger partial charge on any atom is 0.237 e. The molecule has 0 radical (unpaired) electrons. The second-order valence-corrected chi connectivity index (χ2v) is 7.86. The van der Waals surface area contributed by atoms with Crippen molar-refractivity contribution in [2.24, 2.45) is 0 Å². The molecule has 2 aliphatic heterocycles. The minimum atomic E-state index is -0.101. The summed E-state index contributed by atoms with van der Waals surface area (Å²) in [4.78, 5) is 23.3. The molecular weight excluding hydrogens is 392 g/mol. The van der Waals surface area contributed by atoms with Crippen LogP contribution in [-0.2, 0) is 17.9 Å². The number of nitrogens with zero attached hydrogens (tertiary/aromatic N) is 3. The summed E-state index contributed by atoms with van der Waals surface area (Å²) in [6.07, 6.45) is 7.06. The summed E-state index contributed by atoms with van der Waals surface area (Å²) >= 11 is 0. The van der Waals surface area contributed by atoms with Gasteiger partial charge in [-0.3, -0.25) is 9.69 Å². The van der Waals surface area contributed by atoms with Crippen LogP contribution >= 0.6 is 0 Å². The highest BCUT2D eigenvalue weighted by atomic mass is 16.7. The Morgan fingerprint density at radius 3 is 2.61 bits per heavy atom. The zero-order valence-electron chi connectivity index (χ0n) is 17.2. The van der Waals surface area contributed by atoms with Gasteiger partial charge in [0.2, 0.25) is 12.7 Å². The molecule has 31 heavy (non-hydrogen) atoms. The van der Waals surface area contributed by atoms with Crippen molar-refractivity contribution in [2.45, 2.75) is 32.0 Å². The molecule has 1 unspecified atom stereocenters. The molecule has 158 valence electrons. The number of carbonyl (C=O) groups is 1. The molecule has 3 aromatic rings. The monoisotopic (exact) mass is 416 g/mol. The van der Waals surface area contributed by atoms with E-state index in [4.69, 9.17) is 9.47 Å². The van der Waals surface area contributed by atoms with E-state index in [0.717, 1.165) is 54.1 Å². The van der Waals surface area contributed by atoms with Gasteiger partial charge in [0.05, 0.1) is 6.04 Å². The highest BCUT2D eigenvalue weighted by Crippen LogP contribution is 2.32. The lowest BCUT2D eigenvalue weighted by Gasteiger charge is -2.24. The summed E-state index contributed by atoms with van der Waals surface area (Å²) in [6, 6.07) is 14.1. The summed E-state index contributed by atoms with van der Waals surface area (Å²) in [5, 5.41) is 3.09. The van der Waals surface area contributed by atoms with E-state index in [1.807, 2.05) is 30.6 Å². The number of rotatable bonds is 6. The van der Waals surface area contributed by atoms with E-state index in [1.165, 1.54) is 11.9 Å². The van der Waals surface area contributed by atoms with Gasteiger partial charge in [0.25, 0.3) is 0 Å². The molecule has 0 spiro atoms. The smallest absolute Gasteiger partial charge is 0.237 e. The minimum absolute atomic E-state index is 0.0771. The fourth-order valence-electron chi connectivity index (χ4n) is 4.16. The third-order valence-electron chi connectivity index (χ3n) is 5.80. The van der Waals surface area contributed by atoms with Gasteiger partial charge in [-0.15, -0.1) is 0 Å². The van der Waals surface area contributed by atoms with Crippen LogP contribution in [-0.4, -0.2) is 40.2 Å². The van der Waals surface area contributed by atoms with Crippen molar-refractivity contribution in [1.29, 1.82) is 0 Å². The molecule has 5 rings (SSSR count). The number of fused-ring (bicyclic) bond motifs is 1. The quantitative estimate of drug-likeness (QED) is 0.665. The van der Waals surface area contributed by atoms with Crippen LogP contribution in [0.15, 0.2) is 61.2 Å². The Balaban J connectivity index is 1.19. The van der Waals surface area contributed by atoms with Crippen LogP contribution < -0.4 is 14.8 Å². The van der Waals surface area contributed by atoms with Gasteiger partial charge < -0.3 is 14.8 Å². The lowest BCUT2D eigenvalue weighted by Crippen LogP contribution is -2.42. The first-order valence-electron chi connectivity index (χ1n) is 10.5. The summed E-state index contributed by atoms with van der Waals surface area (Å²) in [6.45, 7) is 2.42. The molecule has 3 heterocycles. The molecule has 0 saturated carbocycles. The maximum atomic E-state index is 12.9. The zero-order chi connectivity index (χ0) is 21.0. The topological polar surface area (TPSA) is 76.6 Å². The average molecular weight is 416 g/mol. The lowest BCUT2D eigenvalue weighted by molar-refractivity contribution is -0.125. The highest BCUT2D eigenvalue weighted by molar-refractivity contribution is 5.82. The van der Waals surface area contributed by atoms with Gasteiger partial charge >= 0.3 is 0 Å². The predicted octanol–water partition coefficient (Wildman–Crippen LogP) is 3.15. The van der Waals surface area contributed by atoms with Crippen molar-refractivity contribution >= 4 is 5.91 Å². The minimum Gasteiger partial charge on any atom is -0.454 e. The van der Waals surface area contributed by atoms with Crippen molar-refractivity contribution in [3.05, 3.63) is 72.3 Å². The van der Waals surface area contributed by atoms with E-state index < -0.39 is 0 Å². The lowest BCUT2D eigenvalue weighted by atomic mass is 10.1. The van der Waals surface area contributed by atoms with Crippen LogP contribution in [0.5, 0.6) is 11.5 Å². The molecule has 0 aliphatic carbocycles. The van der Waals surface area contributed by atoms with Crippen LogP contribution in [0.1, 0.15) is 24.0 Å². The molecule has 1 fully saturated rings. The van der Waals surface area contributed by atoms with E-state index in [-0.39, 0.29) is 18.7 Å². The van der Waals surface area contributed by atoms with Gasteiger partial charge in [-0.1, -0.05) is 30.3 Å². The Kier molecular flexibility index (Phi) is 5.50. The van der Waals surface area contributed by atoms with Gasteiger partial charge in [0.1, 0.15) is 6.33 Å². The van der Waals surface area contributed by atoms with Gasteiger partial charge in [-0.2, -0.15) is 0 Å². The number of ether oxygens (including phenoxy) is 2. The first-order chi connectivity index (χ1) is 15.3. The Morgan fingerprint density at radius 1 is 1.00 bits per heavy atom. The summed E-state index contributed by atoms with van der Waals surface area (Å²) < 4.78 is 10.8. The highest BCUT2D eigenvalue weighted by Gasteiger charge is 2.30. The van der Waals surface area contributed by atoms with Crippen molar-refractivity contribution in [1.82, 2.24) is 20.2 Å². The fraction of sp³-hybridized carbons (Fsp3) is 0.292. The number of hydrogen-bond acceptors (Lipinski definition) is 6. The van der Waals surface area contributed by atoms with Gasteiger partial charge in [0.15, 0.2) is 11.5 Å². The van der Waals surface area contributed by atoms with E-state index in [1.54, 1.807) is 0 Å². The second kappa shape index (κ2) is 8.73. The molecule has 1 saturated heterocycles. The Hall–Kier alpha value is -3.45. The van der Waals surface area contributed by atoms with Crippen LogP contribution in [0.2, 0.25) is 0 Å². The first-order valence-corrected chi connectivity index (χ1v) is 10.5. The molecule has 1 amide bonds. The summed E-state index contributed by atoms with van der Waals surface area (Å²) in [5.74, 6) is 1.57. The van der Waals surface area contributed by atoms with Crippen LogP contribution in [0.4, 0.5) is 0 Å². The number of likely N-dealkylation sites (tertiary alicyclic amines) is 1. The SMILES string of the molecule is O=C(NCc1ccc2c(c1)OCO2)C1CCCN1Cc1ccc(-c2cncnc2)cc1. The van der Waals surface area contributed by atoms with Gasteiger partial charge in [0, 0.05) is 31.0 Å². The molecule has 2 aromatic carbocycles. The summed E-state index contributed by atoms with van der Waals surface area (Å²) in [7, 11) is 0. The van der Waals surface area contributed by atoms with Crippen molar-refractivity contribution < 1.29 is 14.3 Å². The summed E-state index contributed by atoms with van der Waals surface area (Å²) in [5.41, 5.74) is 4.28. The van der Waals surface area contributed by atoms with E-state index in [9.17, 15) is 4.79 Å². The Morgan fingerprint density at radius 2 is 1.77 bits per heavy atom. The Labute approximate surface area is 181 Å². The third-order valence-corrected chi connectivity index (χ3v) is 5.80. The molecule has 1 N–H and O–H groups in total. The molecular formula is C24H24N4O3. The molecule has 0 bridgehead atoms. The van der Waals surface area contributed by atoms with Gasteiger partial charge in [-0.05, 0) is 48.2 Å². The molecule has 1 atom stereocenters. The zero-order valence-corrected chi connectivity index (χ0v) is 17.2. The van der Waals surface area contributed by atoms with Gasteiger partial charge in [-0.25, -0.2) is 9.97 Å². The number of carbonyl (C=O) groups excluding carboxylic acids is 1. The van der Waals surface area contributed by atoms with Crippen molar-refractivity contribution in [3.63, 3.8) is 0 Å². The standard InChI is InChI=1S/C24H24N4O3/c29-24(27-11-18-5-8-22-23(10-18)31-16-30-22)21-2-1-9-28(21)14-17-3-6-19(7-4-17)20-12-25-15-26-13-20/h3-8,10,12-13,15,21H,1-2,9,11,14,16H2,(H,27,29). The van der Waals surface area contributed by atoms with Crippen molar-refractivity contribution in [2.75, 3.05) is 13.3 Å². The third kappa shape index (κ3) is 4.36. The van der Waals surface area contributed by atoms with E-state index in [0.29, 0.717) is 6.54 Å². The van der Waals surface area contributed by atoms with Crippen LogP contribution in [0, 0.1) is 0 Å². The van der Waals surface area contributed by atoms with E-state index >= 15 is 0 Å². The normalized spacial score (nSPS) is 17.6. The first kappa shape index (κ1) is 19.5. The second-order valence-electron chi connectivity index (χ2n) is 7.86. The van der Waals surface area contributed by atoms with E-state index in [2.05, 4.69) is 44.5 Å². The number of hydrogen-bond donors (Lipinski definition) is 1. The number of benzene rings is 2. The number of nitrogens with one attached hydrogen (secondary N) is 1. The Bertz CT molecular complexity index is 1060. The molecule has 2 aliphatic rings. The maximum absolute atomic E-state index is 12.9.